The average Bonchev–Trinajstić information content (AvgIpc) is 2.99. The summed E-state index contributed by atoms with van der Waals surface area (Å²) in [7, 11) is 0. The van der Waals surface area contributed by atoms with Crippen molar-refractivity contribution in [1.29, 1.82) is 0 Å². The van der Waals surface area contributed by atoms with Crippen molar-refractivity contribution >= 4 is 45.6 Å². The maximum Gasteiger partial charge on any atom is 0.389 e. The number of alkyl halides is 3. The maximum atomic E-state index is 13.4. The zero-order chi connectivity index (χ0) is 20.7. The fourth-order valence-electron chi connectivity index (χ4n) is 2.06. The van der Waals surface area contributed by atoms with Crippen LogP contribution in [0.15, 0.2) is 18.5 Å². The number of pyridine rings is 1. The van der Waals surface area contributed by atoms with Crippen LogP contribution >= 0.6 is 34.7 Å². The van der Waals surface area contributed by atoms with E-state index >= 15 is 0 Å². The van der Waals surface area contributed by atoms with Gasteiger partial charge in [-0.3, -0.25) is 14.7 Å². The van der Waals surface area contributed by atoms with Gasteiger partial charge < -0.3 is 0 Å². The van der Waals surface area contributed by atoms with E-state index in [-0.39, 0.29) is 35.5 Å². The smallest absolute Gasteiger partial charge is 0.289 e. The number of terminal acetylenes is 1. The highest BCUT2D eigenvalue weighted by molar-refractivity contribution is 7.99. The Hall–Kier alpha value is -1.83. The van der Waals surface area contributed by atoms with Gasteiger partial charge in [0.15, 0.2) is 5.15 Å². The van der Waals surface area contributed by atoms with Crippen LogP contribution in [0.4, 0.5) is 22.6 Å². The number of rotatable bonds is 8. The number of thiazole rings is 1. The fraction of sp³-hybridized carbons (Fsp3) is 0.353. The van der Waals surface area contributed by atoms with Crippen LogP contribution in [-0.2, 0) is 4.79 Å². The van der Waals surface area contributed by atoms with Crippen LogP contribution in [0.5, 0.6) is 0 Å². The fourth-order valence-corrected chi connectivity index (χ4v) is 4.27. The second-order valence-corrected chi connectivity index (χ2v) is 7.98. The second-order valence-electron chi connectivity index (χ2n) is 5.42. The number of anilines is 1. The zero-order valence-corrected chi connectivity index (χ0v) is 16.7. The first-order valence-corrected chi connectivity index (χ1v) is 10.2. The van der Waals surface area contributed by atoms with E-state index in [1.165, 1.54) is 17.2 Å². The third kappa shape index (κ3) is 6.65. The van der Waals surface area contributed by atoms with E-state index in [1.54, 1.807) is 0 Å². The number of aromatic nitrogens is 2. The molecule has 0 aliphatic rings. The zero-order valence-electron chi connectivity index (χ0n) is 14.3. The van der Waals surface area contributed by atoms with Gasteiger partial charge in [0.05, 0.1) is 19.2 Å². The highest BCUT2D eigenvalue weighted by Crippen LogP contribution is 2.38. The largest absolute Gasteiger partial charge is 0.389 e. The second kappa shape index (κ2) is 10.1. The predicted octanol–water partition coefficient (Wildman–Crippen LogP) is 5.04. The lowest BCUT2D eigenvalue weighted by molar-refractivity contribution is -0.129. The molecule has 2 heterocycles. The SMILES string of the molecule is C#CCN(C(=O)CCSCCC(F)(F)F)c1sc(-c2cncc(F)c2)nc1Cl. The molecular weight excluding hydrogens is 438 g/mol. The predicted molar refractivity (Wildman–Crippen MR) is 104 cm³/mol. The van der Waals surface area contributed by atoms with Gasteiger partial charge in [-0.05, 0) is 6.07 Å². The van der Waals surface area contributed by atoms with Gasteiger partial charge in [-0.15, -0.1) is 6.42 Å². The van der Waals surface area contributed by atoms with E-state index in [1.807, 2.05) is 0 Å². The van der Waals surface area contributed by atoms with Gasteiger partial charge in [-0.1, -0.05) is 28.9 Å². The quantitative estimate of drug-likeness (QED) is 0.320. The Kier molecular flexibility index (Phi) is 8.10. The van der Waals surface area contributed by atoms with E-state index in [4.69, 9.17) is 18.0 Å². The van der Waals surface area contributed by atoms with Crippen LogP contribution < -0.4 is 4.90 Å². The molecule has 0 bridgehead atoms. The number of nitrogens with zero attached hydrogens (tertiary/aromatic N) is 3. The molecule has 2 aromatic rings. The van der Waals surface area contributed by atoms with Crippen molar-refractivity contribution in [3.8, 4) is 22.9 Å². The Morgan fingerprint density at radius 1 is 1.36 bits per heavy atom. The molecular formula is C17H14ClF4N3OS2. The number of halogens is 5. The molecule has 1 amide bonds. The Balaban J connectivity index is 2.07. The molecule has 0 aliphatic heterocycles. The monoisotopic (exact) mass is 451 g/mol. The van der Waals surface area contributed by atoms with Gasteiger partial charge in [0.25, 0.3) is 0 Å². The van der Waals surface area contributed by atoms with Crippen molar-refractivity contribution in [3.05, 3.63) is 29.4 Å². The Morgan fingerprint density at radius 2 is 2.11 bits per heavy atom. The molecule has 0 saturated heterocycles. The Labute approximate surface area is 172 Å². The van der Waals surface area contributed by atoms with Gasteiger partial charge in [-0.25, -0.2) is 9.37 Å². The van der Waals surface area contributed by atoms with Crippen LogP contribution in [0, 0.1) is 18.2 Å². The summed E-state index contributed by atoms with van der Waals surface area (Å²) in [5, 5.41) is 0.683. The number of carbonyl (C=O) groups is 1. The summed E-state index contributed by atoms with van der Waals surface area (Å²) < 4.78 is 49.8. The summed E-state index contributed by atoms with van der Waals surface area (Å²) in [6.45, 7) is -0.0746. The number of thioether (sulfide) groups is 1. The van der Waals surface area contributed by atoms with Gasteiger partial charge in [0.2, 0.25) is 5.91 Å². The van der Waals surface area contributed by atoms with E-state index in [0.717, 1.165) is 29.3 Å². The van der Waals surface area contributed by atoms with Gasteiger partial charge in [-0.2, -0.15) is 24.9 Å². The molecule has 0 atom stereocenters. The molecule has 0 unspecified atom stereocenters. The molecule has 2 aromatic heterocycles. The van der Waals surface area contributed by atoms with Crippen LogP contribution in [0.1, 0.15) is 12.8 Å². The number of hydrogen-bond acceptors (Lipinski definition) is 5. The first-order valence-electron chi connectivity index (χ1n) is 7.87. The molecule has 0 aromatic carbocycles. The molecule has 150 valence electrons. The van der Waals surface area contributed by atoms with E-state index in [9.17, 15) is 22.4 Å². The average molecular weight is 452 g/mol. The van der Waals surface area contributed by atoms with Crippen molar-refractivity contribution in [1.82, 2.24) is 9.97 Å². The molecule has 0 aliphatic carbocycles. The minimum atomic E-state index is -4.22. The molecule has 28 heavy (non-hydrogen) atoms. The lowest BCUT2D eigenvalue weighted by atomic mass is 10.3. The van der Waals surface area contributed by atoms with Gasteiger partial charge >= 0.3 is 6.18 Å². The third-order valence-electron chi connectivity index (χ3n) is 3.31. The topological polar surface area (TPSA) is 46.1 Å². The Morgan fingerprint density at radius 3 is 2.75 bits per heavy atom. The Bertz CT molecular complexity index is 867. The number of amides is 1. The molecule has 4 nitrogen and oxygen atoms in total. The van der Waals surface area contributed by atoms with E-state index in [2.05, 4.69) is 15.9 Å². The van der Waals surface area contributed by atoms with Crippen molar-refractivity contribution in [2.45, 2.75) is 19.0 Å². The molecule has 0 radical (unpaired) electrons. The van der Waals surface area contributed by atoms with Gasteiger partial charge in [0.1, 0.15) is 15.8 Å². The van der Waals surface area contributed by atoms with Crippen LogP contribution in [0.3, 0.4) is 0 Å². The van der Waals surface area contributed by atoms with Crippen molar-refractivity contribution in [2.75, 3.05) is 23.0 Å². The van der Waals surface area contributed by atoms with E-state index in [0.29, 0.717) is 15.6 Å². The van der Waals surface area contributed by atoms with Crippen molar-refractivity contribution in [2.24, 2.45) is 0 Å². The summed E-state index contributed by atoms with van der Waals surface area (Å²) in [5.41, 5.74) is 0.397. The highest BCUT2D eigenvalue weighted by atomic mass is 35.5. The summed E-state index contributed by atoms with van der Waals surface area (Å²) >= 11 is 8.22. The van der Waals surface area contributed by atoms with Gasteiger partial charge in [0, 0.05) is 29.7 Å². The summed E-state index contributed by atoms with van der Waals surface area (Å²) in [6, 6.07) is 1.23. The van der Waals surface area contributed by atoms with Crippen molar-refractivity contribution < 1.29 is 22.4 Å². The normalized spacial score (nSPS) is 11.3. The highest BCUT2D eigenvalue weighted by Gasteiger charge is 2.26. The molecule has 0 spiro atoms. The number of carbonyl (C=O) groups excluding carboxylic acids is 1. The third-order valence-corrected chi connectivity index (χ3v) is 5.80. The molecule has 0 N–H and O–H groups in total. The summed E-state index contributed by atoms with van der Waals surface area (Å²) in [4.78, 5) is 21.6. The molecule has 0 fully saturated rings. The standard InChI is InChI=1S/C17H14ClF4N3OS2/c1-2-5-25(13(26)3-6-27-7-4-17(20,21)22)16-14(18)24-15(28-16)11-8-12(19)10-23-9-11/h1,8-10H,3-7H2. The minimum Gasteiger partial charge on any atom is -0.289 e. The molecule has 2 rings (SSSR count). The van der Waals surface area contributed by atoms with Crippen molar-refractivity contribution in [3.63, 3.8) is 0 Å². The first-order chi connectivity index (χ1) is 13.2. The minimum absolute atomic E-state index is 0.00468. The van der Waals surface area contributed by atoms with Crippen LogP contribution in [0.2, 0.25) is 5.15 Å². The van der Waals surface area contributed by atoms with Crippen LogP contribution in [0.25, 0.3) is 10.6 Å². The molecule has 0 saturated carbocycles. The van der Waals surface area contributed by atoms with E-state index < -0.39 is 18.4 Å². The summed E-state index contributed by atoms with van der Waals surface area (Å²) in [6.07, 6.45) is 2.65. The lowest BCUT2D eigenvalue weighted by Gasteiger charge is -2.18. The summed E-state index contributed by atoms with van der Waals surface area (Å²) in [5.74, 6) is 1.52. The first kappa shape index (κ1) is 22.5. The lowest BCUT2D eigenvalue weighted by Crippen LogP contribution is -2.31. The molecule has 11 heteroatoms. The number of hydrogen-bond donors (Lipinski definition) is 0. The van der Waals surface area contributed by atoms with Crippen LogP contribution in [-0.4, -0.2) is 40.1 Å². The maximum absolute atomic E-state index is 13.4.